The summed E-state index contributed by atoms with van der Waals surface area (Å²) in [5, 5.41) is 6.18. The van der Waals surface area contributed by atoms with Crippen LogP contribution in [0.4, 0.5) is 0 Å². The van der Waals surface area contributed by atoms with Crippen LogP contribution in [0.5, 0.6) is 5.75 Å². The Hall–Kier alpha value is -2.29. The third-order valence-electron chi connectivity index (χ3n) is 5.50. The summed E-state index contributed by atoms with van der Waals surface area (Å²) >= 11 is 0. The van der Waals surface area contributed by atoms with Crippen LogP contribution < -0.4 is 15.4 Å². The lowest BCUT2D eigenvalue weighted by Crippen LogP contribution is -2.45. The van der Waals surface area contributed by atoms with Crippen LogP contribution in [-0.2, 0) is 17.9 Å². The number of nitrogens with one attached hydrogen (secondary N) is 2. The Balaban J connectivity index is 0.00000341. The van der Waals surface area contributed by atoms with Crippen molar-refractivity contribution >= 4 is 35.8 Å². The number of piperidine rings is 1. The first-order valence-corrected chi connectivity index (χ1v) is 10.6. The third-order valence-corrected chi connectivity index (χ3v) is 5.50. The lowest BCUT2D eigenvalue weighted by Gasteiger charge is -2.34. The molecule has 0 bridgehead atoms. The minimum atomic E-state index is 0. The Labute approximate surface area is 202 Å². The van der Waals surface area contributed by atoms with Gasteiger partial charge in [0.1, 0.15) is 12.4 Å². The summed E-state index contributed by atoms with van der Waals surface area (Å²) in [5.74, 6) is 2.40. The molecule has 0 radical (unpaired) electrons. The molecule has 2 aromatic rings. The van der Waals surface area contributed by atoms with Crippen LogP contribution in [0.25, 0.3) is 0 Å². The van der Waals surface area contributed by atoms with Crippen molar-refractivity contribution in [3.63, 3.8) is 0 Å². The van der Waals surface area contributed by atoms with Gasteiger partial charge in [-0.3, -0.25) is 9.79 Å². The van der Waals surface area contributed by atoms with Crippen LogP contribution >= 0.6 is 24.0 Å². The second-order valence-corrected chi connectivity index (χ2v) is 7.63. The van der Waals surface area contributed by atoms with Crippen LogP contribution in [0.1, 0.15) is 30.4 Å². The summed E-state index contributed by atoms with van der Waals surface area (Å²) < 4.78 is 5.80. The number of benzene rings is 2. The number of likely N-dealkylation sites (tertiary alicyclic amines) is 1. The van der Waals surface area contributed by atoms with Crippen molar-refractivity contribution in [1.82, 2.24) is 15.5 Å². The second-order valence-electron chi connectivity index (χ2n) is 7.63. The number of carbonyl (C=O) groups excluding carboxylic acids is 1. The first-order valence-electron chi connectivity index (χ1n) is 10.6. The number of ether oxygens (including phenoxy) is 1. The molecule has 6 nitrogen and oxygen atoms in total. The fourth-order valence-electron chi connectivity index (χ4n) is 3.66. The maximum absolute atomic E-state index is 11.6. The molecule has 1 fully saturated rings. The van der Waals surface area contributed by atoms with Gasteiger partial charge in [-0.1, -0.05) is 42.5 Å². The summed E-state index contributed by atoms with van der Waals surface area (Å²) in [6, 6.07) is 18.3. The Bertz CT molecular complexity index is 819. The Morgan fingerprint density at radius 2 is 1.71 bits per heavy atom. The number of hydrogen-bond acceptors (Lipinski definition) is 3. The van der Waals surface area contributed by atoms with E-state index in [-0.39, 0.29) is 29.9 Å². The molecular weight excluding hydrogens is 503 g/mol. The quantitative estimate of drug-likeness (QED) is 0.321. The highest BCUT2D eigenvalue weighted by molar-refractivity contribution is 14.0. The van der Waals surface area contributed by atoms with E-state index in [9.17, 15) is 4.79 Å². The van der Waals surface area contributed by atoms with Gasteiger partial charge in [0.15, 0.2) is 5.96 Å². The summed E-state index contributed by atoms with van der Waals surface area (Å²) in [6.07, 6.45) is 2.66. The monoisotopic (exact) mass is 536 g/mol. The highest BCUT2D eigenvalue weighted by Crippen LogP contribution is 2.20. The molecule has 1 heterocycles. The molecule has 1 saturated heterocycles. The molecule has 1 aliphatic rings. The first kappa shape index (κ1) is 25.0. The van der Waals surface area contributed by atoms with Crippen molar-refractivity contribution in [2.24, 2.45) is 10.9 Å². The summed E-state index contributed by atoms with van der Waals surface area (Å²) in [7, 11) is 3.52. The van der Waals surface area contributed by atoms with Gasteiger partial charge >= 0.3 is 0 Å². The van der Waals surface area contributed by atoms with E-state index in [0.717, 1.165) is 49.7 Å². The molecule has 7 heteroatoms. The summed E-state index contributed by atoms with van der Waals surface area (Å²) in [5.41, 5.74) is 2.35. The van der Waals surface area contributed by atoms with Gasteiger partial charge in [0, 0.05) is 40.2 Å². The van der Waals surface area contributed by atoms with E-state index in [1.165, 1.54) is 5.56 Å². The maximum Gasteiger partial charge on any atom is 0.220 e. The molecule has 31 heavy (non-hydrogen) atoms. The number of nitrogens with zero attached hydrogens (tertiary/aromatic N) is 2. The molecule has 0 unspecified atom stereocenters. The van der Waals surface area contributed by atoms with E-state index in [4.69, 9.17) is 4.74 Å². The predicted octanol–water partition coefficient (Wildman–Crippen LogP) is 3.81. The van der Waals surface area contributed by atoms with Crippen LogP contribution in [0.3, 0.4) is 0 Å². The average molecular weight is 536 g/mol. The zero-order valence-corrected chi connectivity index (χ0v) is 20.7. The molecular formula is C24H33IN4O2. The van der Waals surface area contributed by atoms with Gasteiger partial charge < -0.3 is 20.3 Å². The molecule has 1 aliphatic heterocycles. The second kappa shape index (κ2) is 13.2. The fraction of sp³-hybridized carbons (Fsp3) is 0.417. The lowest BCUT2D eigenvalue weighted by atomic mass is 9.93. The van der Waals surface area contributed by atoms with Crippen LogP contribution in [0.15, 0.2) is 59.6 Å². The lowest BCUT2D eigenvalue weighted by molar-refractivity contribution is -0.121. The average Bonchev–Trinajstić information content (AvgIpc) is 2.80. The van der Waals surface area contributed by atoms with Crippen molar-refractivity contribution in [3.8, 4) is 5.75 Å². The van der Waals surface area contributed by atoms with Crippen molar-refractivity contribution in [2.75, 3.05) is 27.2 Å². The third kappa shape index (κ3) is 8.05. The molecule has 0 saturated carbocycles. The minimum absolute atomic E-state index is 0. The van der Waals surface area contributed by atoms with Crippen LogP contribution in [0, 0.1) is 5.92 Å². The molecule has 1 amide bonds. The SMILES string of the molecule is CN=C(NCc1ccc(COc2ccccc2)cc1)N1CCC(CC(=O)NC)CC1.I. The molecule has 168 valence electrons. The maximum atomic E-state index is 11.6. The number of guanidine groups is 1. The summed E-state index contributed by atoms with van der Waals surface area (Å²) in [4.78, 5) is 18.3. The molecule has 0 atom stereocenters. The van der Waals surface area contributed by atoms with E-state index in [1.54, 1.807) is 7.05 Å². The number of halogens is 1. The minimum Gasteiger partial charge on any atom is -0.489 e. The van der Waals surface area contributed by atoms with Crippen LogP contribution in [0.2, 0.25) is 0 Å². The number of carbonyl (C=O) groups is 1. The van der Waals surface area contributed by atoms with E-state index < -0.39 is 0 Å². The van der Waals surface area contributed by atoms with Gasteiger partial charge in [0.2, 0.25) is 5.91 Å². The first-order chi connectivity index (χ1) is 14.7. The molecule has 2 N–H and O–H groups in total. The van der Waals surface area contributed by atoms with E-state index in [0.29, 0.717) is 18.9 Å². The van der Waals surface area contributed by atoms with Gasteiger partial charge in [-0.25, -0.2) is 0 Å². The van der Waals surface area contributed by atoms with Gasteiger partial charge in [0.25, 0.3) is 0 Å². The Kier molecular flexibility index (Phi) is 10.6. The zero-order chi connectivity index (χ0) is 21.2. The number of aliphatic imine (C=N–C) groups is 1. The molecule has 0 spiro atoms. The zero-order valence-electron chi connectivity index (χ0n) is 18.3. The highest BCUT2D eigenvalue weighted by atomic mass is 127. The smallest absolute Gasteiger partial charge is 0.220 e. The Morgan fingerprint density at radius 3 is 2.32 bits per heavy atom. The van der Waals surface area contributed by atoms with Crippen molar-refractivity contribution in [1.29, 1.82) is 0 Å². The van der Waals surface area contributed by atoms with E-state index in [1.807, 2.05) is 37.4 Å². The highest BCUT2D eigenvalue weighted by Gasteiger charge is 2.22. The fourth-order valence-corrected chi connectivity index (χ4v) is 3.66. The normalized spacial score (nSPS) is 14.5. The van der Waals surface area contributed by atoms with Crippen molar-refractivity contribution in [3.05, 3.63) is 65.7 Å². The number of hydrogen-bond donors (Lipinski definition) is 2. The number of para-hydroxylation sites is 1. The number of amides is 1. The predicted molar refractivity (Wildman–Crippen MR) is 136 cm³/mol. The topological polar surface area (TPSA) is 66.0 Å². The van der Waals surface area contributed by atoms with E-state index in [2.05, 4.69) is 44.8 Å². The molecule has 3 rings (SSSR count). The van der Waals surface area contributed by atoms with Gasteiger partial charge in [-0.2, -0.15) is 0 Å². The standard InChI is InChI=1S/C24H32N4O2.HI/c1-25-23(29)16-19-12-14-28(15-13-19)24(26-2)27-17-20-8-10-21(11-9-20)18-30-22-6-4-3-5-7-22;/h3-11,19H,12-18H2,1-2H3,(H,25,29)(H,26,27);1H. The van der Waals surface area contributed by atoms with Crippen LogP contribution in [-0.4, -0.2) is 44.0 Å². The van der Waals surface area contributed by atoms with Gasteiger partial charge in [-0.05, 0) is 42.0 Å². The molecule has 2 aromatic carbocycles. The van der Waals surface area contributed by atoms with E-state index >= 15 is 0 Å². The molecule has 0 aromatic heterocycles. The molecule has 0 aliphatic carbocycles. The van der Waals surface area contributed by atoms with Crippen molar-refractivity contribution in [2.45, 2.75) is 32.4 Å². The summed E-state index contributed by atoms with van der Waals surface area (Å²) in [6.45, 7) is 3.14. The Morgan fingerprint density at radius 1 is 1.06 bits per heavy atom. The number of rotatable bonds is 7. The van der Waals surface area contributed by atoms with Gasteiger partial charge in [0.05, 0.1) is 0 Å². The largest absolute Gasteiger partial charge is 0.489 e. The van der Waals surface area contributed by atoms with Crippen molar-refractivity contribution < 1.29 is 9.53 Å². The van der Waals surface area contributed by atoms with Gasteiger partial charge in [-0.15, -0.1) is 24.0 Å².